The molecule has 0 spiro atoms. The molecule has 5 heteroatoms. The van der Waals surface area contributed by atoms with Crippen molar-refractivity contribution in [1.82, 2.24) is 5.32 Å². The van der Waals surface area contributed by atoms with Gasteiger partial charge >= 0.3 is 0 Å². The van der Waals surface area contributed by atoms with Gasteiger partial charge in [-0.2, -0.15) is 0 Å². The number of methoxy groups -OCH3 is 1. The smallest absolute Gasteiger partial charge is 0.193 e. The van der Waals surface area contributed by atoms with Gasteiger partial charge in [0.15, 0.2) is 5.22 Å². The summed E-state index contributed by atoms with van der Waals surface area (Å²) in [5.41, 5.74) is 0.930. The molecule has 3 nitrogen and oxygen atoms in total. The second kappa shape index (κ2) is 7.02. The molecule has 0 aliphatic rings. The van der Waals surface area contributed by atoms with Gasteiger partial charge in [0, 0.05) is 10.6 Å². The minimum atomic E-state index is -0.143. The van der Waals surface area contributed by atoms with Crippen LogP contribution in [0.2, 0.25) is 10.2 Å². The van der Waals surface area contributed by atoms with Gasteiger partial charge in [0.05, 0.1) is 13.2 Å². The first-order valence-corrected chi connectivity index (χ1v) is 7.23. The standard InChI is InChI=1S/C15H17Cl2NO2/c1-3-8-18-15(13-6-7-14(17)20-13)11-9-10(16)4-5-12(11)19-2/h4-7,9,15,18H,3,8H2,1-2H3. The van der Waals surface area contributed by atoms with Crippen molar-refractivity contribution in [3.8, 4) is 5.75 Å². The maximum Gasteiger partial charge on any atom is 0.193 e. The molecular formula is C15H17Cl2NO2. The van der Waals surface area contributed by atoms with Gasteiger partial charge in [0.2, 0.25) is 0 Å². The summed E-state index contributed by atoms with van der Waals surface area (Å²) in [4.78, 5) is 0. The Morgan fingerprint density at radius 3 is 2.65 bits per heavy atom. The summed E-state index contributed by atoms with van der Waals surface area (Å²) >= 11 is 12.0. The first kappa shape index (κ1) is 15.2. The van der Waals surface area contributed by atoms with E-state index in [1.165, 1.54) is 0 Å². The van der Waals surface area contributed by atoms with E-state index in [2.05, 4.69) is 12.2 Å². The maximum absolute atomic E-state index is 6.10. The van der Waals surface area contributed by atoms with Crippen molar-refractivity contribution >= 4 is 23.2 Å². The van der Waals surface area contributed by atoms with E-state index in [1.807, 2.05) is 18.2 Å². The molecule has 1 N–H and O–H groups in total. The molecule has 0 saturated heterocycles. The van der Waals surface area contributed by atoms with Crippen LogP contribution in [0.25, 0.3) is 0 Å². The summed E-state index contributed by atoms with van der Waals surface area (Å²) in [6.07, 6.45) is 1.01. The van der Waals surface area contributed by atoms with Crippen LogP contribution in [-0.4, -0.2) is 13.7 Å². The number of halogens is 2. The largest absolute Gasteiger partial charge is 0.496 e. The molecule has 20 heavy (non-hydrogen) atoms. The predicted octanol–water partition coefficient (Wildman–Crippen LogP) is 4.68. The first-order valence-electron chi connectivity index (χ1n) is 6.47. The van der Waals surface area contributed by atoms with E-state index >= 15 is 0 Å². The lowest BCUT2D eigenvalue weighted by atomic mass is 10.0. The van der Waals surface area contributed by atoms with Crippen molar-refractivity contribution in [2.45, 2.75) is 19.4 Å². The zero-order chi connectivity index (χ0) is 14.5. The number of nitrogens with one attached hydrogen (secondary N) is 1. The Bertz CT molecular complexity index is 569. The van der Waals surface area contributed by atoms with Gasteiger partial charge in [0.1, 0.15) is 11.5 Å². The highest BCUT2D eigenvalue weighted by Crippen LogP contribution is 2.33. The number of benzene rings is 1. The van der Waals surface area contributed by atoms with Gasteiger partial charge in [-0.3, -0.25) is 0 Å². The quantitative estimate of drug-likeness (QED) is 0.840. The van der Waals surface area contributed by atoms with E-state index in [0.717, 1.165) is 30.0 Å². The molecule has 1 heterocycles. The minimum Gasteiger partial charge on any atom is -0.496 e. The van der Waals surface area contributed by atoms with Crippen molar-refractivity contribution < 1.29 is 9.15 Å². The fraction of sp³-hybridized carbons (Fsp3) is 0.333. The van der Waals surface area contributed by atoms with Gasteiger partial charge in [-0.05, 0) is 54.9 Å². The number of ether oxygens (including phenoxy) is 1. The number of furan rings is 1. The summed E-state index contributed by atoms with van der Waals surface area (Å²) in [6.45, 7) is 2.95. The predicted molar refractivity (Wildman–Crippen MR) is 81.9 cm³/mol. The lowest BCUT2D eigenvalue weighted by Gasteiger charge is -2.19. The van der Waals surface area contributed by atoms with Crippen LogP contribution in [0.5, 0.6) is 5.75 Å². The van der Waals surface area contributed by atoms with Crippen LogP contribution in [0.15, 0.2) is 34.7 Å². The Hall–Kier alpha value is -1.16. The van der Waals surface area contributed by atoms with Gasteiger partial charge in [-0.25, -0.2) is 0 Å². The molecule has 0 amide bonds. The van der Waals surface area contributed by atoms with E-state index in [9.17, 15) is 0 Å². The van der Waals surface area contributed by atoms with Crippen LogP contribution in [0.3, 0.4) is 0 Å². The van der Waals surface area contributed by atoms with E-state index in [1.54, 1.807) is 19.2 Å². The molecule has 2 aromatic rings. The molecule has 1 atom stereocenters. The van der Waals surface area contributed by atoms with Crippen LogP contribution in [-0.2, 0) is 0 Å². The third-order valence-corrected chi connectivity index (χ3v) is 3.42. The summed E-state index contributed by atoms with van der Waals surface area (Å²) in [5, 5.41) is 4.45. The molecule has 0 bridgehead atoms. The van der Waals surface area contributed by atoms with Crippen molar-refractivity contribution in [3.05, 3.63) is 51.9 Å². The molecular weight excluding hydrogens is 297 g/mol. The average Bonchev–Trinajstić information content (AvgIpc) is 2.86. The molecule has 0 aliphatic heterocycles. The van der Waals surface area contributed by atoms with Crippen LogP contribution in [0.1, 0.15) is 30.7 Å². The highest BCUT2D eigenvalue weighted by atomic mass is 35.5. The summed E-state index contributed by atoms with van der Waals surface area (Å²) in [7, 11) is 1.64. The Morgan fingerprint density at radius 2 is 2.05 bits per heavy atom. The number of rotatable bonds is 6. The molecule has 0 fully saturated rings. The van der Waals surface area contributed by atoms with E-state index in [4.69, 9.17) is 32.4 Å². The van der Waals surface area contributed by atoms with E-state index < -0.39 is 0 Å². The Balaban J connectivity index is 2.42. The average molecular weight is 314 g/mol. The molecule has 1 unspecified atom stereocenters. The van der Waals surface area contributed by atoms with Crippen molar-refractivity contribution in [1.29, 1.82) is 0 Å². The fourth-order valence-electron chi connectivity index (χ4n) is 2.07. The topological polar surface area (TPSA) is 34.4 Å². The Morgan fingerprint density at radius 1 is 1.25 bits per heavy atom. The summed E-state index contributed by atoms with van der Waals surface area (Å²) < 4.78 is 11.0. The highest BCUT2D eigenvalue weighted by Gasteiger charge is 2.21. The zero-order valence-electron chi connectivity index (χ0n) is 11.5. The summed E-state index contributed by atoms with van der Waals surface area (Å²) in [5.74, 6) is 1.50. The molecule has 0 aliphatic carbocycles. The summed E-state index contributed by atoms with van der Waals surface area (Å²) in [6, 6.07) is 8.98. The molecule has 1 aromatic carbocycles. The van der Waals surface area contributed by atoms with Crippen molar-refractivity contribution in [3.63, 3.8) is 0 Å². The number of hydrogen-bond donors (Lipinski definition) is 1. The zero-order valence-corrected chi connectivity index (χ0v) is 13.0. The lowest BCUT2D eigenvalue weighted by Crippen LogP contribution is -2.23. The van der Waals surface area contributed by atoms with Crippen LogP contribution >= 0.6 is 23.2 Å². The van der Waals surface area contributed by atoms with Gasteiger partial charge in [-0.1, -0.05) is 18.5 Å². The van der Waals surface area contributed by atoms with Gasteiger partial charge in [0.25, 0.3) is 0 Å². The second-order valence-electron chi connectivity index (χ2n) is 4.42. The molecule has 108 valence electrons. The van der Waals surface area contributed by atoms with E-state index in [-0.39, 0.29) is 6.04 Å². The Labute approximate surface area is 128 Å². The van der Waals surface area contributed by atoms with Gasteiger partial charge < -0.3 is 14.5 Å². The third kappa shape index (κ3) is 3.48. The fourth-order valence-corrected chi connectivity index (χ4v) is 2.40. The highest BCUT2D eigenvalue weighted by molar-refractivity contribution is 6.30. The van der Waals surface area contributed by atoms with Crippen LogP contribution in [0, 0.1) is 0 Å². The minimum absolute atomic E-state index is 0.143. The molecule has 2 rings (SSSR count). The van der Waals surface area contributed by atoms with Crippen molar-refractivity contribution in [2.75, 3.05) is 13.7 Å². The van der Waals surface area contributed by atoms with Crippen molar-refractivity contribution in [2.24, 2.45) is 0 Å². The molecule has 0 saturated carbocycles. The molecule has 0 radical (unpaired) electrons. The van der Waals surface area contributed by atoms with Crippen LogP contribution < -0.4 is 10.1 Å². The second-order valence-corrected chi connectivity index (χ2v) is 5.22. The first-order chi connectivity index (χ1) is 9.65. The number of hydrogen-bond acceptors (Lipinski definition) is 3. The maximum atomic E-state index is 6.10. The SMILES string of the molecule is CCCNC(c1ccc(Cl)o1)c1cc(Cl)ccc1OC. The van der Waals surface area contributed by atoms with Crippen LogP contribution in [0.4, 0.5) is 0 Å². The normalized spacial score (nSPS) is 12.4. The molecule has 1 aromatic heterocycles. The lowest BCUT2D eigenvalue weighted by molar-refractivity contribution is 0.392. The van der Waals surface area contributed by atoms with Gasteiger partial charge in [-0.15, -0.1) is 0 Å². The Kier molecular flexibility index (Phi) is 5.35. The third-order valence-electron chi connectivity index (χ3n) is 2.98. The monoisotopic (exact) mass is 313 g/mol. The van der Waals surface area contributed by atoms with E-state index in [0.29, 0.717) is 10.2 Å².